The maximum absolute atomic E-state index is 12.6. The molecule has 0 aliphatic carbocycles. The molecule has 2 aromatic carbocycles. The first-order valence-electron chi connectivity index (χ1n) is 9.05. The van der Waals surface area contributed by atoms with Crippen molar-refractivity contribution in [1.29, 1.82) is 0 Å². The maximum Gasteiger partial charge on any atom is 0.410 e. The minimum atomic E-state index is -0.306. The Kier molecular flexibility index (Phi) is 4.93. The fourth-order valence-corrected chi connectivity index (χ4v) is 4.18. The molecule has 140 valence electrons. The molecule has 4 rings (SSSR count). The number of aromatic amines is 1. The monoisotopic (exact) mass is 428 g/mol. The lowest BCUT2D eigenvalue weighted by molar-refractivity contribution is 0.0932. The molecule has 1 aromatic heterocycles. The summed E-state index contributed by atoms with van der Waals surface area (Å²) in [5.41, 5.74) is 5.16. The molecule has 1 aliphatic heterocycles. The quantitative estimate of drug-likeness (QED) is 0.643. The van der Waals surface area contributed by atoms with Crippen molar-refractivity contribution in [3.63, 3.8) is 0 Å². The summed E-state index contributed by atoms with van der Waals surface area (Å²) >= 11 is 3.55. The van der Waals surface area contributed by atoms with Crippen molar-refractivity contribution < 1.29 is 14.6 Å². The number of hydrogen-bond donors (Lipinski definition) is 2. The summed E-state index contributed by atoms with van der Waals surface area (Å²) in [5.74, 6) is 0. The van der Waals surface area contributed by atoms with Gasteiger partial charge in [-0.3, -0.25) is 4.90 Å². The number of nitrogens with zero attached hydrogens (tertiary/aromatic N) is 1. The summed E-state index contributed by atoms with van der Waals surface area (Å²) in [6, 6.07) is 13.7. The van der Waals surface area contributed by atoms with Crippen molar-refractivity contribution in [3.05, 3.63) is 69.3 Å². The molecule has 2 N–H and O–H groups in total. The van der Waals surface area contributed by atoms with Crippen LogP contribution in [0.5, 0.6) is 0 Å². The van der Waals surface area contributed by atoms with Gasteiger partial charge in [0.15, 0.2) is 0 Å². The Bertz CT molecular complexity index is 981. The van der Waals surface area contributed by atoms with Gasteiger partial charge in [0.25, 0.3) is 0 Å². The van der Waals surface area contributed by atoms with Crippen LogP contribution in [-0.2, 0) is 17.8 Å². The van der Waals surface area contributed by atoms with Crippen molar-refractivity contribution in [1.82, 2.24) is 9.88 Å². The standard InChI is InChI=1S/C21H21BrN2O3/c1-2-27-21(26)24-10-9-16-17-11-15(22)7-8-18(17)23-19(16)20(24)14-5-3-13(12-25)4-6-14/h3-8,11,20,23,25H,2,9-10,12H2,1H3. The lowest BCUT2D eigenvalue weighted by atomic mass is 9.92. The molecule has 1 aliphatic rings. The van der Waals surface area contributed by atoms with Crippen LogP contribution in [0.3, 0.4) is 0 Å². The summed E-state index contributed by atoms with van der Waals surface area (Å²) in [6.45, 7) is 2.76. The highest BCUT2D eigenvalue weighted by Crippen LogP contribution is 2.39. The number of amides is 1. The second kappa shape index (κ2) is 7.37. The Morgan fingerprint density at radius 1 is 1.30 bits per heavy atom. The van der Waals surface area contributed by atoms with Gasteiger partial charge in [-0.1, -0.05) is 40.2 Å². The van der Waals surface area contributed by atoms with Crippen molar-refractivity contribution >= 4 is 32.9 Å². The van der Waals surface area contributed by atoms with Crippen molar-refractivity contribution in [2.45, 2.75) is 26.0 Å². The number of aliphatic hydroxyl groups is 1. The topological polar surface area (TPSA) is 65.6 Å². The van der Waals surface area contributed by atoms with Gasteiger partial charge in [-0.25, -0.2) is 4.79 Å². The minimum Gasteiger partial charge on any atom is -0.450 e. The molecule has 2 heterocycles. The predicted molar refractivity (Wildman–Crippen MR) is 108 cm³/mol. The summed E-state index contributed by atoms with van der Waals surface area (Å²) < 4.78 is 6.35. The molecule has 0 bridgehead atoms. The number of ether oxygens (including phenoxy) is 1. The molecule has 1 amide bonds. The molecule has 0 fully saturated rings. The second-order valence-electron chi connectivity index (χ2n) is 6.65. The lowest BCUT2D eigenvalue weighted by Crippen LogP contribution is -2.41. The summed E-state index contributed by atoms with van der Waals surface area (Å²) in [4.78, 5) is 17.9. The number of H-pyrrole nitrogens is 1. The maximum atomic E-state index is 12.6. The molecule has 27 heavy (non-hydrogen) atoms. The van der Waals surface area contributed by atoms with Gasteiger partial charge >= 0.3 is 6.09 Å². The Balaban J connectivity index is 1.86. The number of aliphatic hydroxyl groups excluding tert-OH is 1. The van der Waals surface area contributed by atoms with Gasteiger partial charge < -0.3 is 14.8 Å². The zero-order chi connectivity index (χ0) is 19.0. The fourth-order valence-electron chi connectivity index (χ4n) is 3.82. The van der Waals surface area contributed by atoms with Crippen molar-refractivity contribution in [2.75, 3.05) is 13.2 Å². The van der Waals surface area contributed by atoms with E-state index in [9.17, 15) is 9.90 Å². The second-order valence-corrected chi connectivity index (χ2v) is 7.57. The van der Waals surface area contributed by atoms with Crippen LogP contribution >= 0.6 is 15.9 Å². The molecule has 0 saturated carbocycles. The number of fused-ring (bicyclic) bond motifs is 3. The van der Waals surface area contributed by atoms with Gasteiger partial charge in [0.05, 0.1) is 13.2 Å². The van der Waals surface area contributed by atoms with Crippen LogP contribution in [-0.4, -0.2) is 34.2 Å². The molecule has 0 saturated heterocycles. The average molecular weight is 429 g/mol. The number of carbonyl (C=O) groups excluding carboxylic acids is 1. The molecular formula is C21H21BrN2O3. The highest BCUT2D eigenvalue weighted by Gasteiger charge is 2.35. The molecule has 0 radical (unpaired) electrons. The highest BCUT2D eigenvalue weighted by atomic mass is 79.9. The predicted octanol–water partition coefficient (Wildman–Crippen LogP) is 4.53. The van der Waals surface area contributed by atoms with Crippen molar-refractivity contribution in [3.8, 4) is 0 Å². The van der Waals surface area contributed by atoms with E-state index in [1.807, 2.05) is 37.3 Å². The normalized spacial score (nSPS) is 16.4. The van der Waals surface area contributed by atoms with Crippen LogP contribution < -0.4 is 0 Å². The van der Waals surface area contributed by atoms with E-state index in [1.54, 1.807) is 4.90 Å². The SMILES string of the molecule is CCOC(=O)N1CCc2c([nH]c3ccc(Br)cc23)C1c1ccc(CO)cc1. The third-order valence-corrected chi connectivity index (χ3v) is 5.56. The first-order chi connectivity index (χ1) is 13.1. The lowest BCUT2D eigenvalue weighted by Gasteiger charge is -2.35. The molecule has 3 aromatic rings. The summed E-state index contributed by atoms with van der Waals surface area (Å²) in [7, 11) is 0. The van der Waals surface area contributed by atoms with E-state index in [0.717, 1.165) is 33.2 Å². The van der Waals surface area contributed by atoms with Gasteiger partial charge in [0, 0.05) is 27.6 Å². The van der Waals surface area contributed by atoms with Gasteiger partial charge in [0.1, 0.15) is 6.04 Å². The van der Waals surface area contributed by atoms with Crippen LogP contribution in [0.4, 0.5) is 4.79 Å². The first kappa shape index (κ1) is 18.1. The van der Waals surface area contributed by atoms with Gasteiger partial charge in [0.2, 0.25) is 0 Å². The summed E-state index contributed by atoms with van der Waals surface area (Å²) in [6.07, 6.45) is 0.467. The van der Waals surface area contributed by atoms with Gasteiger partial charge in [-0.15, -0.1) is 0 Å². The molecule has 5 nitrogen and oxygen atoms in total. The minimum absolute atomic E-state index is 0.00178. The Morgan fingerprint density at radius 3 is 2.78 bits per heavy atom. The number of halogens is 1. The van der Waals surface area contributed by atoms with E-state index in [-0.39, 0.29) is 18.7 Å². The summed E-state index contributed by atoms with van der Waals surface area (Å²) in [5, 5.41) is 10.5. The first-order valence-corrected chi connectivity index (χ1v) is 9.84. The number of aromatic nitrogens is 1. The molecule has 0 spiro atoms. The van der Waals surface area contributed by atoms with Crippen LogP contribution in [0.15, 0.2) is 46.9 Å². The Morgan fingerprint density at radius 2 is 2.07 bits per heavy atom. The third-order valence-electron chi connectivity index (χ3n) is 5.07. The van der Waals surface area contributed by atoms with Crippen LogP contribution in [0, 0.1) is 0 Å². The van der Waals surface area contributed by atoms with Gasteiger partial charge in [-0.2, -0.15) is 0 Å². The van der Waals surface area contributed by atoms with E-state index >= 15 is 0 Å². The molecular weight excluding hydrogens is 408 g/mol. The van der Waals surface area contributed by atoms with E-state index in [0.29, 0.717) is 13.2 Å². The number of rotatable bonds is 3. The van der Waals surface area contributed by atoms with Crippen LogP contribution in [0.2, 0.25) is 0 Å². The van der Waals surface area contributed by atoms with Gasteiger partial charge in [-0.05, 0) is 48.2 Å². The van der Waals surface area contributed by atoms with E-state index < -0.39 is 0 Å². The molecule has 6 heteroatoms. The zero-order valence-corrected chi connectivity index (χ0v) is 16.6. The Labute approximate surface area is 166 Å². The smallest absolute Gasteiger partial charge is 0.410 e. The number of carbonyl (C=O) groups is 1. The number of benzene rings is 2. The largest absolute Gasteiger partial charge is 0.450 e. The van der Waals surface area contributed by atoms with E-state index in [2.05, 4.69) is 33.0 Å². The fraction of sp³-hybridized carbons (Fsp3) is 0.286. The van der Waals surface area contributed by atoms with Crippen LogP contribution in [0.25, 0.3) is 10.9 Å². The molecule has 1 atom stereocenters. The Hall–Kier alpha value is -2.31. The average Bonchev–Trinajstić information content (AvgIpc) is 3.05. The van der Waals surface area contributed by atoms with E-state index in [4.69, 9.17) is 4.74 Å². The number of hydrogen-bond acceptors (Lipinski definition) is 3. The third kappa shape index (κ3) is 3.24. The van der Waals surface area contributed by atoms with E-state index in [1.165, 1.54) is 10.9 Å². The zero-order valence-electron chi connectivity index (χ0n) is 15.0. The highest BCUT2D eigenvalue weighted by molar-refractivity contribution is 9.10. The van der Waals surface area contributed by atoms with Crippen molar-refractivity contribution in [2.24, 2.45) is 0 Å². The number of nitrogens with one attached hydrogen (secondary N) is 1. The van der Waals surface area contributed by atoms with Crippen LogP contribution in [0.1, 0.15) is 35.3 Å². The molecule has 1 unspecified atom stereocenters.